The highest BCUT2D eigenvalue weighted by Gasteiger charge is 2.10. The molecule has 27 heavy (non-hydrogen) atoms. The normalized spacial score (nSPS) is 11.0. The van der Waals surface area contributed by atoms with Crippen LogP contribution in [-0.4, -0.2) is 17.4 Å². The molecule has 5 heteroatoms. The fourth-order valence-corrected chi connectivity index (χ4v) is 3.50. The number of hydrogen-bond acceptors (Lipinski definition) is 3. The first-order valence-electron chi connectivity index (χ1n) is 8.83. The third kappa shape index (κ3) is 3.80. The van der Waals surface area contributed by atoms with E-state index in [-0.39, 0.29) is 0 Å². The summed E-state index contributed by atoms with van der Waals surface area (Å²) in [5, 5.41) is 9.11. The maximum Gasteiger partial charge on any atom is 0.0730 e. The SMILES string of the molecule is ClCCNc1cc(CCl)cc(Nc2c3ccccc3nc3ccccc23)c1. The summed E-state index contributed by atoms with van der Waals surface area (Å²) in [5.41, 5.74) is 6.00. The molecule has 3 nitrogen and oxygen atoms in total. The van der Waals surface area contributed by atoms with E-state index in [4.69, 9.17) is 28.2 Å². The summed E-state index contributed by atoms with van der Waals surface area (Å²) < 4.78 is 0. The molecule has 1 aromatic heterocycles. The smallest absolute Gasteiger partial charge is 0.0730 e. The van der Waals surface area contributed by atoms with Crippen molar-refractivity contribution in [3.8, 4) is 0 Å². The van der Waals surface area contributed by atoms with E-state index in [1.807, 2.05) is 42.5 Å². The van der Waals surface area contributed by atoms with Crippen LogP contribution in [0.5, 0.6) is 0 Å². The lowest BCUT2D eigenvalue weighted by atomic mass is 10.1. The fourth-order valence-electron chi connectivity index (χ4n) is 3.25. The zero-order valence-electron chi connectivity index (χ0n) is 14.7. The van der Waals surface area contributed by atoms with Crippen molar-refractivity contribution in [3.63, 3.8) is 0 Å². The number of benzene rings is 3. The molecule has 4 aromatic rings. The zero-order valence-corrected chi connectivity index (χ0v) is 16.2. The largest absolute Gasteiger partial charge is 0.384 e. The predicted molar refractivity (Wildman–Crippen MR) is 118 cm³/mol. The van der Waals surface area contributed by atoms with Crippen LogP contribution in [-0.2, 0) is 5.88 Å². The molecule has 0 amide bonds. The predicted octanol–water partition coefficient (Wildman–Crippen LogP) is 6.52. The van der Waals surface area contributed by atoms with Gasteiger partial charge in [0.25, 0.3) is 0 Å². The summed E-state index contributed by atoms with van der Waals surface area (Å²) >= 11 is 11.9. The second-order valence-corrected chi connectivity index (χ2v) is 6.96. The van der Waals surface area contributed by atoms with Crippen LogP contribution >= 0.6 is 23.2 Å². The second kappa shape index (κ2) is 8.03. The molecule has 0 atom stereocenters. The molecule has 0 spiro atoms. The molecule has 0 radical (unpaired) electrons. The van der Waals surface area contributed by atoms with Crippen molar-refractivity contribution in [3.05, 3.63) is 72.3 Å². The van der Waals surface area contributed by atoms with Gasteiger partial charge < -0.3 is 10.6 Å². The Morgan fingerprint density at radius 3 is 2.04 bits per heavy atom. The second-order valence-electron chi connectivity index (χ2n) is 6.31. The van der Waals surface area contributed by atoms with Gasteiger partial charge in [-0.15, -0.1) is 23.2 Å². The Kier molecular flexibility index (Phi) is 5.33. The van der Waals surface area contributed by atoms with Crippen molar-refractivity contribution in [2.45, 2.75) is 5.88 Å². The van der Waals surface area contributed by atoms with Gasteiger partial charge >= 0.3 is 0 Å². The van der Waals surface area contributed by atoms with Crippen LogP contribution in [0.4, 0.5) is 17.1 Å². The van der Waals surface area contributed by atoms with Crippen molar-refractivity contribution < 1.29 is 0 Å². The van der Waals surface area contributed by atoms with E-state index in [2.05, 4.69) is 34.9 Å². The highest BCUT2D eigenvalue weighted by Crippen LogP contribution is 2.34. The Hall–Kier alpha value is -2.49. The third-order valence-corrected chi connectivity index (χ3v) is 4.93. The molecule has 0 aliphatic heterocycles. The molecule has 0 fully saturated rings. The van der Waals surface area contributed by atoms with Gasteiger partial charge in [0.15, 0.2) is 0 Å². The van der Waals surface area contributed by atoms with E-state index in [0.717, 1.165) is 44.4 Å². The van der Waals surface area contributed by atoms with Gasteiger partial charge in [-0.05, 0) is 35.9 Å². The minimum atomic E-state index is 0.447. The summed E-state index contributed by atoms with van der Waals surface area (Å²) in [7, 11) is 0. The summed E-state index contributed by atoms with van der Waals surface area (Å²) in [6.45, 7) is 0.702. The van der Waals surface area contributed by atoms with Crippen LogP contribution in [0, 0.1) is 0 Å². The first-order chi connectivity index (χ1) is 13.3. The lowest BCUT2D eigenvalue weighted by Gasteiger charge is -2.15. The Labute approximate surface area is 168 Å². The Morgan fingerprint density at radius 2 is 1.41 bits per heavy atom. The number of halogens is 2. The van der Waals surface area contributed by atoms with Gasteiger partial charge in [0, 0.05) is 40.5 Å². The third-order valence-electron chi connectivity index (χ3n) is 4.43. The average Bonchev–Trinajstić information content (AvgIpc) is 2.72. The van der Waals surface area contributed by atoms with Gasteiger partial charge in [0.2, 0.25) is 0 Å². The van der Waals surface area contributed by atoms with E-state index < -0.39 is 0 Å². The monoisotopic (exact) mass is 395 g/mol. The molecule has 0 unspecified atom stereocenters. The number of anilines is 3. The fraction of sp³-hybridized carbons (Fsp3) is 0.136. The molecule has 0 saturated heterocycles. The van der Waals surface area contributed by atoms with Gasteiger partial charge in [-0.2, -0.15) is 0 Å². The van der Waals surface area contributed by atoms with Crippen LogP contribution in [0.15, 0.2) is 66.7 Å². The molecule has 0 bridgehead atoms. The van der Waals surface area contributed by atoms with Crippen LogP contribution in [0.1, 0.15) is 5.56 Å². The Balaban J connectivity index is 1.85. The first-order valence-corrected chi connectivity index (χ1v) is 9.89. The van der Waals surface area contributed by atoms with Gasteiger partial charge in [-0.1, -0.05) is 36.4 Å². The van der Waals surface area contributed by atoms with Crippen LogP contribution in [0.25, 0.3) is 21.8 Å². The first kappa shape index (κ1) is 17.9. The molecular weight excluding hydrogens is 377 g/mol. The van der Waals surface area contributed by atoms with Gasteiger partial charge in [0.05, 0.1) is 16.7 Å². The number of nitrogens with zero attached hydrogens (tertiary/aromatic N) is 1. The molecule has 136 valence electrons. The van der Waals surface area contributed by atoms with Crippen molar-refractivity contribution in [2.24, 2.45) is 0 Å². The van der Waals surface area contributed by atoms with Gasteiger partial charge in [-0.25, -0.2) is 4.98 Å². The number of fused-ring (bicyclic) bond motifs is 2. The van der Waals surface area contributed by atoms with E-state index in [1.54, 1.807) is 0 Å². The van der Waals surface area contributed by atoms with Gasteiger partial charge in [-0.3, -0.25) is 0 Å². The number of aromatic nitrogens is 1. The number of nitrogens with one attached hydrogen (secondary N) is 2. The topological polar surface area (TPSA) is 37.0 Å². The lowest BCUT2D eigenvalue weighted by molar-refractivity contribution is 1.21. The van der Waals surface area contributed by atoms with Crippen LogP contribution in [0.2, 0.25) is 0 Å². The Morgan fingerprint density at radius 1 is 0.778 bits per heavy atom. The van der Waals surface area contributed by atoms with Crippen molar-refractivity contribution in [1.82, 2.24) is 4.98 Å². The highest BCUT2D eigenvalue weighted by atomic mass is 35.5. The van der Waals surface area contributed by atoms with Crippen molar-refractivity contribution >= 4 is 62.1 Å². The quantitative estimate of drug-likeness (QED) is 0.288. The molecule has 4 rings (SSSR count). The van der Waals surface area contributed by atoms with Crippen LogP contribution in [0.3, 0.4) is 0 Å². The highest BCUT2D eigenvalue weighted by molar-refractivity contribution is 6.18. The number of pyridine rings is 1. The van der Waals surface area contributed by atoms with E-state index in [1.165, 1.54) is 0 Å². The summed E-state index contributed by atoms with van der Waals surface area (Å²) in [6.07, 6.45) is 0. The van der Waals surface area contributed by atoms with E-state index in [0.29, 0.717) is 18.3 Å². The minimum absolute atomic E-state index is 0.447. The summed E-state index contributed by atoms with van der Waals surface area (Å²) in [6, 6.07) is 22.5. The van der Waals surface area contributed by atoms with E-state index in [9.17, 15) is 0 Å². The molecule has 1 heterocycles. The molecule has 2 N–H and O–H groups in total. The van der Waals surface area contributed by atoms with Crippen LogP contribution < -0.4 is 10.6 Å². The maximum absolute atomic E-state index is 6.11. The molecule has 0 aliphatic carbocycles. The molecule has 0 aliphatic rings. The lowest BCUT2D eigenvalue weighted by Crippen LogP contribution is -2.04. The number of alkyl halides is 2. The van der Waals surface area contributed by atoms with Crippen molar-refractivity contribution in [1.29, 1.82) is 0 Å². The summed E-state index contributed by atoms with van der Waals surface area (Å²) in [5.74, 6) is 0.996. The molecular formula is C22H19Cl2N3. The molecule has 3 aromatic carbocycles. The number of rotatable bonds is 6. The zero-order chi connectivity index (χ0) is 18.6. The average molecular weight is 396 g/mol. The minimum Gasteiger partial charge on any atom is -0.384 e. The Bertz CT molecular complexity index is 1040. The van der Waals surface area contributed by atoms with Gasteiger partial charge in [0.1, 0.15) is 0 Å². The molecule has 0 saturated carbocycles. The maximum atomic E-state index is 6.11. The number of para-hydroxylation sites is 2. The van der Waals surface area contributed by atoms with E-state index >= 15 is 0 Å². The number of hydrogen-bond donors (Lipinski definition) is 2. The summed E-state index contributed by atoms with van der Waals surface area (Å²) in [4.78, 5) is 4.78. The van der Waals surface area contributed by atoms with Crippen molar-refractivity contribution in [2.75, 3.05) is 23.1 Å². The standard InChI is InChI=1S/C22H19Cl2N3/c23-9-10-25-16-11-15(14-24)12-17(13-16)26-22-18-5-1-3-7-20(18)27-21-8-4-2-6-19(21)22/h1-8,11-13,25H,9-10,14H2,(H,26,27).